The quantitative estimate of drug-likeness (QED) is 0.818. The van der Waals surface area contributed by atoms with Crippen LogP contribution in [0.15, 0.2) is 12.1 Å². The van der Waals surface area contributed by atoms with E-state index in [-0.39, 0.29) is 5.91 Å². The van der Waals surface area contributed by atoms with Gasteiger partial charge in [-0.15, -0.1) is 0 Å². The summed E-state index contributed by atoms with van der Waals surface area (Å²) in [7, 11) is 1.51. The van der Waals surface area contributed by atoms with Crippen molar-refractivity contribution in [2.45, 2.75) is 25.8 Å². The number of ether oxygens (including phenoxy) is 1. The Labute approximate surface area is 130 Å². The Balaban J connectivity index is 2.05. The molecule has 1 saturated heterocycles. The third-order valence-electron chi connectivity index (χ3n) is 3.97. The minimum absolute atomic E-state index is 0.184. The maximum atomic E-state index is 12.3. The molecule has 6 heteroatoms. The molecule has 1 aromatic carbocycles. The Kier molecular flexibility index (Phi) is 5.31. The Hall–Kier alpha value is -1.46. The van der Waals surface area contributed by atoms with E-state index in [2.05, 4.69) is 17.1 Å². The van der Waals surface area contributed by atoms with Crippen molar-refractivity contribution in [2.75, 3.05) is 32.5 Å². The van der Waals surface area contributed by atoms with Gasteiger partial charge >= 0.3 is 0 Å². The average molecular weight is 312 g/mol. The number of rotatable bonds is 5. The summed E-state index contributed by atoms with van der Waals surface area (Å²) in [5.74, 6) is 0.255. The van der Waals surface area contributed by atoms with Crippen molar-refractivity contribution in [2.24, 2.45) is 0 Å². The number of benzene rings is 1. The molecule has 1 amide bonds. The van der Waals surface area contributed by atoms with Crippen molar-refractivity contribution in [3.8, 4) is 5.75 Å². The second-order valence-corrected chi connectivity index (χ2v) is 5.62. The number of hydrogen-bond acceptors (Lipinski definition) is 4. The maximum absolute atomic E-state index is 12.3. The first-order valence-electron chi connectivity index (χ1n) is 7.22. The molecule has 0 saturated carbocycles. The van der Waals surface area contributed by atoms with Crippen LogP contribution in [0.3, 0.4) is 0 Å². The van der Waals surface area contributed by atoms with Gasteiger partial charge in [-0.25, -0.2) is 0 Å². The molecular formula is C15H22ClN3O2. The first-order valence-corrected chi connectivity index (χ1v) is 7.59. The fourth-order valence-corrected chi connectivity index (χ4v) is 2.93. The van der Waals surface area contributed by atoms with E-state index in [0.717, 1.165) is 19.5 Å². The molecule has 1 heterocycles. The number of amides is 1. The lowest BCUT2D eigenvalue weighted by Gasteiger charge is -2.23. The third kappa shape index (κ3) is 3.60. The summed E-state index contributed by atoms with van der Waals surface area (Å²) in [5, 5.41) is 3.32. The zero-order valence-electron chi connectivity index (χ0n) is 12.5. The van der Waals surface area contributed by atoms with Crippen LogP contribution in [0.5, 0.6) is 5.75 Å². The van der Waals surface area contributed by atoms with Crippen molar-refractivity contribution in [3.63, 3.8) is 0 Å². The summed E-state index contributed by atoms with van der Waals surface area (Å²) in [5.41, 5.74) is 6.54. The van der Waals surface area contributed by atoms with Crippen LogP contribution < -0.4 is 15.8 Å². The summed E-state index contributed by atoms with van der Waals surface area (Å²) in [4.78, 5) is 14.7. The molecule has 1 unspecified atom stereocenters. The minimum atomic E-state index is -0.184. The molecule has 5 nitrogen and oxygen atoms in total. The van der Waals surface area contributed by atoms with Crippen LogP contribution in [0.4, 0.5) is 5.69 Å². The van der Waals surface area contributed by atoms with E-state index in [9.17, 15) is 4.79 Å². The maximum Gasteiger partial charge on any atom is 0.255 e. The lowest BCUT2D eigenvalue weighted by atomic mass is 10.1. The average Bonchev–Trinajstić information content (AvgIpc) is 2.94. The van der Waals surface area contributed by atoms with Crippen LogP contribution in [-0.4, -0.2) is 43.6 Å². The van der Waals surface area contributed by atoms with E-state index in [4.69, 9.17) is 22.1 Å². The molecule has 1 aliphatic heterocycles. The number of hydrogen-bond donors (Lipinski definition) is 2. The highest BCUT2D eigenvalue weighted by Gasteiger charge is 2.24. The van der Waals surface area contributed by atoms with Crippen molar-refractivity contribution in [1.29, 1.82) is 0 Å². The number of carbonyl (C=O) groups is 1. The van der Waals surface area contributed by atoms with E-state index in [0.29, 0.717) is 34.6 Å². The monoisotopic (exact) mass is 311 g/mol. The molecular weight excluding hydrogens is 290 g/mol. The van der Waals surface area contributed by atoms with E-state index in [1.807, 2.05) is 0 Å². The fraction of sp³-hybridized carbons (Fsp3) is 0.533. The molecule has 0 aliphatic carbocycles. The number of nitrogens with zero attached hydrogens (tertiary/aromatic N) is 1. The standard InChI is InChI=1S/C15H22ClN3O2/c1-3-19-6-4-5-10(19)9-18-15(20)11-7-12(16)13(17)8-14(11)21-2/h7-8,10H,3-6,9,17H2,1-2H3,(H,18,20). The Morgan fingerprint density at radius 1 is 1.57 bits per heavy atom. The lowest BCUT2D eigenvalue weighted by Crippen LogP contribution is -2.40. The van der Waals surface area contributed by atoms with Gasteiger partial charge in [0.1, 0.15) is 5.75 Å². The molecule has 1 atom stereocenters. The highest BCUT2D eigenvalue weighted by atomic mass is 35.5. The van der Waals surface area contributed by atoms with Crippen molar-refractivity contribution in [1.82, 2.24) is 10.2 Å². The lowest BCUT2D eigenvalue weighted by molar-refractivity contribution is 0.0938. The first kappa shape index (κ1) is 15.9. The van der Waals surface area contributed by atoms with Crippen molar-refractivity contribution in [3.05, 3.63) is 22.7 Å². The molecule has 21 heavy (non-hydrogen) atoms. The molecule has 0 bridgehead atoms. The van der Waals surface area contributed by atoms with Crippen LogP contribution in [0, 0.1) is 0 Å². The largest absolute Gasteiger partial charge is 0.496 e. The normalized spacial score (nSPS) is 18.7. The van der Waals surface area contributed by atoms with E-state index in [1.54, 1.807) is 12.1 Å². The van der Waals surface area contributed by atoms with E-state index < -0.39 is 0 Å². The summed E-state index contributed by atoms with van der Waals surface area (Å²) < 4.78 is 5.21. The number of halogens is 1. The van der Waals surface area contributed by atoms with Gasteiger partial charge in [-0.3, -0.25) is 9.69 Å². The van der Waals surface area contributed by atoms with Gasteiger partial charge in [0.15, 0.2) is 0 Å². The van der Waals surface area contributed by atoms with Crippen LogP contribution in [0.2, 0.25) is 5.02 Å². The molecule has 3 N–H and O–H groups in total. The minimum Gasteiger partial charge on any atom is -0.496 e. The third-order valence-corrected chi connectivity index (χ3v) is 4.29. The summed E-state index contributed by atoms with van der Waals surface area (Å²) in [6.07, 6.45) is 2.30. The molecule has 0 aromatic heterocycles. The van der Waals surface area contributed by atoms with Gasteiger partial charge in [0.05, 0.1) is 23.4 Å². The first-order chi connectivity index (χ1) is 10.1. The molecule has 1 aromatic rings. The summed E-state index contributed by atoms with van der Waals surface area (Å²) in [6, 6.07) is 3.54. The van der Waals surface area contributed by atoms with Gasteiger partial charge in [0, 0.05) is 18.7 Å². The van der Waals surface area contributed by atoms with Crippen LogP contribution in [-0.2, 0) is 0 Å². The van der Waals surface area contributed by atoms with E-state index in [1.165, 1.54) is 13.5 Å². The number of methoxy groups -OCH3 is 1. The number of likely N-dealkylation sites (N-methyl/N-ethyl adjacent to an activating group) is 1. The predicted molar refractivity (Wildman–Crippen MR) is 85.0 cm³/mol. The number of nitrogens with one attached hydrogen (secondary N) is 1. The zero-order valence-corrected chi connectivity index (χ0v) is 13.2. The van der Waals surface area contributed by atoms with Crippen LogP contribution >= 0.6 is 11.6 Å². The predicted octanol–water partition coefficient (Wildman–Crippen LogP) is 2.14. The smallest absolute Gasteiger partial charge is 0.255 e. The Morgan fingerprint density at radius 2 is 2.33 bits per heavy atom. The van der Waals surface area contributed by atoms with Crippen molar-refractivity contribution >= 4 is 23.2 Å². The van der Waals surface area contributed by atoms with Gasteiger partial charge in [-0.1, -0.05) is 18.5 Å². The van der Waals surface area contributed by atoms with Crippen LogP contribution in [0.25, 0.3) is 0 Å². The number of nitrogen functional groups attached to an aromatic ring is 1. The van der Waals surface area contributed by atoms with Gasteiger partial charge in [-0.05, 0) is 32.0 Å². The molecule has 116 valence electrons. The summed E-state index contributed by atoms with van der Waals surface area (Å²) >= 11 is 5.99. The van der Waals surface area contributed by atoms with Gasteiger partial charge in [0.25, 0.3) is 5.91 Å². The number of likely N-dealkylation sites (tertiary alicyclic amines) is 1. The van der Waals surface area contributed by atoms with Crippen LogP contribution in [0.1, 0.15) is 30.1 Å². The SMILES string of the molecule is CCN1CCCC1CNC(=O)c1cc(Cl)c(N)cc1OC. The Bertz CT molecular complexity index is 522. The fourth-order valence-electron chi connectivity index (χ4n) is 2.76. The molecule has 1 fully saturated rings. The molecule has 2 rings (SSSR count). The highest BCUT2D eigenvalue weighted by molar-refractivity contribution is 6.33. The topological polar surface area (TPSA) is 67.6 Å². The van der Waals surface area contributed by atoms with Gasteiger partial charge in [-0.2, -0.15) is 0 Å². The van der Waals surface area contributed by atoms with Gasteiger partial charge < -0.3 is 15.8 Å². The molecule has 0 radical (unpaired) electrons. The Morgan fingerprint density at radius 3 is 3.00 bits per heavy atom. The van der Waals surface area contributed by atoms with Gasteiger partial charge in [0.2, 0.25) is 0 Å². The number of anilines is 1. The number of carbonyl (C=O) groups excluding carboxylic acids is 1. The second-order valence-electron chi connectivity index (χ2n) is 5.21. The van der Waals surface area contributed by atoms with E-state index >= 15 is 0 Å². The highest BCUT2D eigenvalue weighted by Crippen LogP contribution is 2.28. The number of nitrogens with two attached hydrogens (primary N) is 1. The summed E-state index contributed by atoms with van der Waals surface area (Å²) in [6.45, 7) is 4.90. The van der Waals surface area contributed by atoms with Crippen molar-refractivity contribution < 1.29 is 9.53 Å². The second kappa shape index (κ2) is 7.00. The molecule has 0 spiro atoms. The zero-order chi connectivity index (χ0) is 15.4. The molecule has 1 aliphatic rings.